The Morgan fingerprint density at radius 3 is 2.59 bits per heavy atom. The Bertz CT molecular complexity index is 2200. The van der Waals surface area contributed by atoms with Gasteiger partial charge in [0.2, 0.25) is 11.9 Å². The minimum Gasteiger partial charge on any atom is -0.457 e. The van der Waals surface area contributed by atoms with Crippen LogP contribution in [0.4, 0.5) is 23.3 Å². The third-order valence-electron chi connectivity index (χ3n) is 8.37. The van der Waals surface area contributed by atoms with E-state index in [1.165, 1.54) is 11.1 Å². The molecule has 288 valence electrons. The highest BCUT2D eigenvalue weighted by Gasteiger charge is 2.11. The smallest absolute Gasteiger partial charge is 0.227 e. The topological polar surface area (TPSA) is 127 Å². The summed E-state index contributed by atoms with van der Waals surface area (Å²) in [5, 5.41) is 6.55. The van der Waals surface area contributed by atoms with E-state index in [-0.39, 0.29) is 0 Å². The van der Waals surface area contributed by atoms with E-state index in [1.54, 1.807) is 18.5 Å². The number of hydrogen-bond acceptors (Lipinski definition) is 12. The van der Waals surface area contributed by atoms with E-state index in [1.807, 2.05) is 72.8 Å². The van der Waals surface area contributed by atoms with E-state index in [0.717, 1.165) is 54.8 Å². The molecule has 7 rings (SSSR count). The molecule has 2 N–H and O–H groups in total. The number of rotatable bonds is 11. The van der Waals surface area contributed by atoms with Gasteiger partial charge in [-0.25, -0.2) is 19.9 Å². The van der Waals surface area contributed by atoms with Crippen molar-refractivity contribution >= 4 is 23.3 Å². The fourth-order valence-corrected chi connectivity index (χ4v) is 5.82. The van der Waals surface area contributed by atoms with Crippen molar-refractivity contribution in [3.05, 3.63) is 157 Å². The molecule has 1 aliphatic heterocycles. The third-order valence-corrected chi connectivity index (χ3v) is 8.37. The highest BCUT2D eigenvalue weighted by atomic mass is 16.5. The summed E-state index contributed by atoms with van der Waals surface area (Å²) in [6.07, 6.45) is 11.2. The highest BCUT2D eigenvalue weighted by molar-refractivity contribution is 5.60. The van der Waals surface area contributed by atoms with Crippen LogP contribution in [0.3, 0.4) is 0 Å². The molecular weight excluding hydrogens is 705 g/mol. The Hall–Kier alpha value is -6.18. The molecule has 6 bridgehead atoms. The van der Waals surface area contributed by atoms with Crippen molar-refractivity contribution in [2.24, 2.45) is 0 Å². The van der Waals surface area contributed by atoms with E-state index >= 15 is 0 Å². The van der Waals surface area contributed by atoms with Crippen molar-refractivity contribution < 1.29 is 18.3 Å². The van der Waals surface area contributed by atoms with Crippen molar-refractivity contribution in [1.82, 2.24) is 29.7 Å². The number of anilines is 4. The molecule has 56 heavy (non-hydrogen) atoms. The van der Waals surface area contributed by atoms with Crippen LogP contribution >= 0.6 is 0 Å². The molecule has 0 radical (unpaired) electrons. The van der Waals surface area contributed by atoms with Gasteiger partial charge in [0.05, 0.1) is 13.2 Å². The van der Waals surface area contributed by atoms with Crippen LogP contribution in [-0.4, -0.2) is 70.1 Å². The zero-order valence-electron chi connectivity index (χ0n) is 31.9. The summed E-state index contributed by atoms with van der Waals surface area (Å²) in [4.78, 5) is 22.2. The van der Waals surface area contributed by atoms with Gasteiger partial charge in [0.1, 0.15) is 36.1 Å². The molecule has 4 aromatic heterocycles. The quantitative estimate of drug-likeness (QED) is 0.0970. The van der Waals surface area contributed by atoms with Gasteiger partial charge in [0, 0.05) is 49.9 Å². The normalized spacial score (nSPS) is 13.7. The Morgan fingerprint density at radius 2 is 1.71 bits per heavy atom. The highest BCUT2D eigenvalue weighted by Crippen LogP contribution is 2.25. The predicted molar refractivity (Wildman–Crippen MR) is 220 cm³/mol. The van der Waals surface area contributed by atoms with Crippen LogP contribution in [0.2, 0.25) is 0 Å². The van der Waals surface area contributed by atoms with Gasteiger partial charge in [-0.2, -0.15) is 0 Å². The maximum atomic E-state index is 5.85. The zero-order chi connectivity index (χ0) is 39.0. The lowest BCUT2D eigenvalue weighted by atomic mass is 10.2. The standard InChI is InChI=1S/C23H26N4O2.C21H22N4O2/c1-4-13-27(3)16-18-7-6-8-19(15-18)25-23-24-12-11-21(26-23)22-10-9-20(29-22)17-28-14-5-2;1-25-11-2-3-12-26-15-18-7-8-20(27-18)19-9-10-22-21(24-19)23-17-6-4-5-16(13-17)14-25/h4-12,15H,1-2,13-14,16-17H2,3H3,(H,24,25,26);2-10,13H,11-12,14-15H2,1H3,(H,22,23,24)/b;3-2+. The fourth-order valence-electron chi connectivity index (χ4n) is 5.82. The van der Waals surface area contributed by atoms with Crippen molar-refractivity contribution in [1.29, 1.82) is 0 Å². The molecular formula is C44H48N8O4. The number of likely N-dealkylation sites (N-methyl/N-ethyl adjacent to an activating group) is 2. The summed E-state index contributed by atoms with van der Waals surface area (Å²) in [6, 6.07) is 27.7. The Kier molecular flexibility index (Phi) is 14.5. The van der Waals surface area contributed by atoms with E-state index in [9.17, 15) is 0 Å². The van der Waals surface area contributed by atoms with Gasteiger partial charge in [-0.15, -0.1) is 13.2 Å². The lowest BCUT2D eigenvalue weighted by Crippen LogP contribution is -2.17. The Morgan fingerprint density at radius 1 is 0.893 bits per heavy atom. The Labute approximate surface area is 328 Å². The summed E-state index contributed by atoms with van der Waals surface area (Å²) in [5.41, 5.74) is 5.76. The van der Waals surface area contributed by atoms with Crippen LogP contribution in [0.1, 0.15) is 22.6 Å². The van der Waals surface area contributed by atoms with E-state index in [0.29, 0.717) is 55.5 Å². The first kappa shape index (κ1) is 39.5. The van der Waals surface area contributed by atoms with Crippen molar-refractivity contribution in [3.8, 4) is 22.9 Å². The second kappa shape index (κ2) is 20.5. The summed E-state index contributed by atoms with van der Waals surface area (Å²) in [5.74, 6) is 3.94. The molecule has 2 aromatic carbocycles. The first-order valence-corrected chi connectivity index (χ1v) is 18.4. The molecule has 12 nitrogen and oxygen atoms in total. The largest absolute Gasteiger partial charge is 0.457 e. The van der Waals surface area contributed by atoms with E-state index in [2.05, 4.69) is 98.0 Å². The molecule has 0 saturated heterocycles. The minimum absolute atomic E-state index is 0.398. The summed E-state index contributed by atoms with van der Waals surface area (Å²) in [6.45, 7) is 12.7. The van der Waals surface area contributed by atoms with Crippen LogP contribution in [0.15, 0.2) is 144 Å². The first-order chi connectivity index (χ1) is 27.4. The number of ether oxygens (including phenoxy) is 2. The maximum absolute atomic E-state index is 5.85. The molecule has 1 aliphatic rings. The third kappa shape index (κ3) is 12.2. The lowest BCUT2D eigenvalue weighted by molar-refractivity contribution is 0.132. The maximum Gasteiger partial charge on any atom is 0.227 e. The number of furan rings is 2. The molecule has 0 atom stereocenters. The first-order valence-electron chi connectivity index (χ1n) is 18.4. The van der Waals surface area contributed by atoms with Gasteiger partial charge in [-0.3, -0.25) is 9.80 Å². The number of nitrogens with one attached hydrogen (secondary N) is 2. The predicted octanol–water partition coefficient (Wildman–Crippen LogP) is 8.80. The van der Waals surface area contributed by atoms with Crippen molar-refractivity contribution in [3.63, 3.8) is 0 Å². The van der Waals surface area contributed by atoms with E-state index in [4.69, 9.17) is 18.3 Å². The van der Waals surface area contributed by atoms with Crippen LogP contribution in [-0.2, 0) is 35.8 Å². The second-order valence-corrected chi connectivity index (χ2v) is 13.2. The molecule has 0 saturated carbocycles. The van der Waals surface area contributed by atoms with Crippen LogP contribution in [0.25, 0.3) is 22.9 Å². The fraction of sp³-hybridized carbons (Fsp3) is 0.227. The lowest BCUT2D eigenvalue weighted by Gasteiger charge is -2.15. The molecule has 0 aliphatic carbocycles. The van der Waals surface area contributed by atoms with Crippen LogP contribution in [0, 0.1) is 0 Å². The Balaban J connectivity index is 0.000000190. The number of nitrogens with zero attached hydrogens (tertiary/aromatic N) is 6. The molecule has 0 unspecified atom stereocenters. The van der Waals surface area contributed by atoms with Gasteiger partial charge >= 0.3 is 0 Å². The molecule has 0 spiro atoms. The molecule has 0 fully saturated rings. The second-order valence-electron chi connectivity index (χ2n) is 13.2. The van der Waals surface area contributed by atoms with Gasteiger partial charge < -0.3 is 28.9 Å². The van der Waals surface area contributed by atoms with Crippen molar-refractivity contribution in [2.75, 3.05) is 51.0 Å². The number of aromatic nitrogens is 4. The van der Waals surface area contributed by atoms with Gasteiger partial charge in [-0.05, 0) is 85.9 Å². The van der Waals surface area contributed by atoms with Gasteiger partial charge in [0.25, 0.3) is 0 Å². The van der Waals surface area contributed by atoms with E-state index < -0.39 is 0 Å². The summed E-state index contributed by atoms with van der Waals surface area (Å²) >= 11 is 0. The summed E-state index contributed by atoms with van der Waals surface area (Å²) < 4.78 is 22.7. The van der Waals surface area contributed by atoms with Gasteiger partial charge in [0.15, 0.2) is 11.5 Å². The monoisotopic (exact) mass is 752 g/mol. The molecule has 12 heteroatoms. The average molecular weight is 753 g/mol. The summed E-state index contributed by atoms with van der Waals surface area (Å²) in [7, 11) is 4.16. The average Bonchev–Trinajstić information content (AvgIpc) is 3.88. The SMILES string of the molecule is C=CCOCc1ccc(-c2ccnc(Nc3cccc(CN(C)CC=C)c3)n2)o1.CN1C/C=C/COCc2ccc(o2)-c2ccnc(n2)Nc2cccc(c2)C1. The van der Waals surface area contributed by atoms with Crippen LogP contribution in [0.5, 0.6) is 0 Å². The number of benzene rings is 2. The van der Waals surface area contributed by atoms with Crippen LogP contribution < -0.4 is 10.6 Å². The minimum atomic E-state index is 0.398. The number of fused-ring (bicyclic) bond motifs is 7. The molecule has 5 heterocycles. The zero-order valence-corrected chi connectivity index (χ0v) is 31.9. The molecule has 0 amide bonds. The number of hydrogen-bond donors (Lipinski definition) is 2. The van der Waals surface area contributed by atoms with Gasteiger partial charge in [-0.1, -0.05) is 48.6 Å². The van der Waals surface area contributed by atoms with Crippen molar-refractivity contribution in [2.45, 2.75) is 26.3 Å². The molecule has 6 aromatic rings.